The molecule has 2 aromatic carbocycles. The maximum absolute atomic E-state index is 12.1. The van der Waals surface area contributed by atoms with Gasteiger partial charge in [-0.05, 0) is 48.4 Å². The number of aryl methyl sites for hydroxylation is 1. The van der Waals surface area contributed by atoms with Crippen LogP contribution in [0, 0.1) is 6.92 Å². The Balaban J connectivity index is 1.83. The fraction of sp³-hybridized carbons (Fsp3) is 0.150. The van der Waals surface area contributed by atoms with Crippen molar-refractivity contribution in [1.82, 2.24) is 5.01 Å². The standard InChI is InChI=1S/C20H21ClN4O2S/c1-13-5-3-8-17(25(23)20(26)24(2)22)16(13)12-27-15-7-4-6-14(11-15)18-9-10-19(21)28-18/h3-11H,12,22-23H2,1-2H3. The number of carbonyl (C=O) groups is 1. The number of thiophene rings is 1. The summed E-state index contributed by atoms with van der Waals surface area (Å²) in [5, 5.41) is 1.96. The van der Waals surface area contributed by atoms with Gasteiger partial charge < -0.3 is 4.74 Å². The summed E-state index contributed by atoms with van der Waals surface area (Å²) in [6.45, 7) is 2.20. The van der Waals surface area contributed by atoms with Crippen LogP contribution in [0.25, 0.3) is 10.4 Å². The summed E-state index contributed by atoms with van der Waals surface area (Å²) < 4.78 is 6.75. The lowest BCUT2D eigenvalue weighted by Gasteiger charge is -2.24. The number of nitrogens with two attached hydrogens (primary N) is 2. The number of halogens is 1. The van der Waals surface area contributed by atoms with Gasteiger partial charge in [-0.2, -0.15) is 0 Å². The Kier molecular flexibility index (Phi) is 6.21. The van der Waals surface area contributed by atoms with Crippen LogP contribution in [-0.4, -0.2) is 18.1 Å². The summed E-state index contributed by atoms with van der Waals surface area (Å²) in [6.07, 6.45) is 0. The van der Waals surface area contributed by atoms with E-state index in [0.717, 1.165) is 35.9 Å². The monoisotopic (exact) mass is 416 g/mol. The highest BCUT2D eigenvalue weighted by Crippen LogP contribution is 2.33. The van der Waals surface area contributed by atoms with Gasteiger partial charge in [-0.25, -0.2) is 21.5 Å². The van der Waals surface area contributed by atoms with E-state index in [1.54, 1.807) is 6.07 Å². The van der Waals surface area contributed by atoms with Gasteiger partial charge in [0.15, 0.2) is 0 Å². The number of rotatable bonds is 5. The zero-order valence-corrected chi connectivity index (χ0v) is 17.1. The zero-order valence-electron chi connectivity index (χ0n) is 15.6. The molecule has 0 unspecified atom stereocenters. The van der Waals surface area contributed by atoms with Crippen LogP contribution in [0.5, 0.6) is 5.75 Å². The van der Waals surface area contributed by atoms with Crippen molar-refractivity contribution in [2.24, 2.45) is 11.7 Å². The first-order valence-corrected chi connectivity index (χ1v) is 9.70. The molecule has 8 heteroatoms. The third-order valence-electron chi connectivity index (χ3n) is 4.23. The van der Waals surface area contributed by atoms with Crippen molar-refractivity contribution in [2.75, 3.05) is 12.1 Å². The molecule has 0 fully saturated rings. The molecule has 1 aromatic heterocycles. The van der Waals surface area contributed by atoms with E-state index in [-0.39, 0.29) is 6.61 Å². The summed E-state index contributed by atoms with van der Waals surface area (Å²) in [5.74, 6) is 12.2. The quantitative estimate of drug-likeness (QED) is 0.362. The second kappa shape index (κ2) is 8.62. The number of urea groups is 1. The molecule has 28 heavy (non-hydrogen) atoms. The predicted octanol–water partition coefficient (Wildman–Crippen LogP) is 4.56. The lowest BCUT2D eigenvalue weighted by atomic mass is 10.1. The number of hydrogen-bond acceptors (Lipinski definition) is 5. The highest BCUT2D eigenvalue weighted by atomic mass is 35.5. The van der Waals surface area contributed by atoms with E-state index in [2.05, 4.69) is 0 Å². The van der Waals surface area contributed by atoms with Crippen molar-refractivity contribution < 1.29 is 9.53 Å². The summed E-state index contributed by atoms with van der Waals surface area (Å²) in [5.41, 5.74) is 3.34. The van der Waals surface area contributed by atoms with E-state index in [9.17, 15) is 4.79 Å². The van der Waals surface area contributed by atoms with Gasteiger partial charge in [-0.1, -0.05) is 35.9 Å². The van der Waals surface area contributed by atoms with Gasteiger partial charge in [0.1, 0.15) is 12.4 Å². The molecule has 0 aliphatic heterocycles. The van der Waals surface area contributed by atoms with E-state index in [0.29, 0.717) is 11.4 Å². The second-order valence-corrected chi connectivity index (χ2v) is 7.97. The molecule has 3 aromatic rings. The average Bonchev–Trinajstić information content (AvgIpc) is 3.12. The van der Waals surface area contributed by atoms with E-state index < -0.39 is 6.03 Å². The molecule has 146 valence electrons. The van der Waals surface area contributed by atoms with Crippen molar-refractivity contribution in [1.29, 1.82) is 0 Å². The van der Waals surface area contributed by atoms with Crippen LogP contribution in [0.15, 0.2) is 54.6 Å². The van der Waals surface area contributed by atoms with Gasteiger partial charge in [-0.15, -0.1) is 11.3 Å². The van der Waals surface area contributed by atoms with Gasteiger partial charge in [0.05, 0.1) is 10.0 Å². The maximum atomic E-state index is 12.1. The molecule has 0 saturated carbocycles. The van der Waals surface area contributed by atoms with Crippen LogP contribution in [0.4, 0.5) is 10.5 Å². The molecule has 0 aliphatic rings. The Bertz CT molecular complexity index is 990. The molecule has 0 spiro atoms. The molecule has 6 nitrogen and oxygen atoms in total. The molecular weight excluding hydrogens is 396 g/mol. The summed E-state index contributed by atoms with van der Waals surface area (Å²) >= 11 is 7.55. The van der Waals surface area contributed by atoms with Crippen LogP contribution in [0.1, 0.15) is 11.1 Å². The minimum absolute atomic E-state index is 0.256. The molecule has 4 N–H and O–H groups in total. The Hall–Kier alpha value is -2.58. The fourth-order valence-electron chi connectivity index (χ4n) is 2.74. The van der Waals surface area contributed by atoms with Crippen LogP contribution in [0.3, 0.4) is 0 Å². The highest BCUT2D eigenvalue weighted by Gasteiger charge is 2.19. The predicted molar refractivity (Wildman–Crippen MR) is 114 cm³/mol. The first-order valence-electron chi connectivity index (χ1n) is 8.51. The van der Waals surface area contributed by atoms with Crippen molar-refractivity contribution in [3.05, 3.63) is 70.1 Å². The largest absolute Gasteiger partial charge is 0.489 e. The molecule has 0 bridgehead atoms. The SMILES string of the molecule is Cc1cccc(N(N)C(=O)N(C)N)c1COc1cccc(-c2ccc(Cl)s2)c1. The Morgan fingerprint density at radius 1 is 1.14 bits per heavy atom. The number of hydrazine groups is 2. The van der Waals surface area contributed by atoms with E-state index in [1.807, 2.05) is 55.5 Å². The minimum atomic E-state index is -0.525. The summed E-state index contributed by atoms with van der Waals surface area (Å²) in [7, 11) is 1.44. The van der Waals surface area contributed by atoms with Crippen molar-refractivity contribution >= 4 is 34.7 Å². The normalized spacial score (nSPS) is 10.6. The zero-order chi connectivity index (χ0) is 20.3. The molecule has 0 aliphatic carbocycles. The number of benzene rings is 2. The van der Waals surface area contributed by atoms with Gasteiger partial charge in [0, 0.05) is 17.5 Å². The van der Waals surface area contributed by atoms with Crippen LogP contribution in [0.2, 0.25) is 4.34 Å². The lowest BCUT2D eigenvalue weighted by molar-refractivity contribution is 0.216. The fourth-order valence-corrected chi connectivity index (χ4v) is 3.78. The van der Waals surface area contributed by atoms with Crippen molar-refractivity contribution in [2.45, 2.75) is 13.5 Å². The first kappa shape index (κ1) is 20.2. The highest BCUT2D eigenvalue weighted by molar-refractivity contribution is 7.19. The van der Waals surface area contributed by atoms with Gasteiger partial charge in [-0.3, -0.25) is 5.01 Å². The third kappa shape index (κ3) is 4.45. The number of ether oxygens (including phenoxy) is 1. The third-order valence-corrected chi connectivity index (χ3v) is 5.51. The molecular formula is C20H21ClN4O2S. The average molecular weight is 417 g/mol. The summed E-state index contributed by atoms with van der Waals surface area (Å²) in [4.78, 5) is 13.2. The molecule has 1 heterocycles. The molecule has 0 saturated heterocycles. The van der Waals surface area contributed by atoms with E-state index in [1.165, 1.54) is 18.4 Å². The van der Waals surface area contributed by atoms with Crippen LogP contribution >= 0.6 is 22.9 Å². The lowest BCUT2D eigenvalue weighted by Crippen LogP contribution is -2.49. The number of nitrogens with zero attached hydrogens (tertiary/aromatic N) is 2. The Labute approximate surface area is 172 Å². The molecule has 3 rings (SSSR count). The summed E-state index contributed by atoms with van der Waals surface area (Å²) in [6, 6.07) is 16.6. The second-order valence-electron chi connectivity index (χ2n) is 6.26. The van der Waals surface area contributed by atoms with E-state index in [4.69, 9.17) is 28.0 Å². The van der Waals surface area contributed by atoms with Gasteiger partial charge in [0.2, 0.25) is 0 Å². The first-order chi connectivity index (χ1) is 13.4. The maximum Gasteiger partial charge on any atom is 0.352 e. The number of anilines is 1. The van der Waals surface area contributed by atoms with Gasteiger partial charge >= 0.3 is 6.03 Å². The van der Waals surface area contributed by atoms with Crippen molar-refractivity contribution in [3.8, 4) is 16.2 Å². The molecule has 2 amide bonds. The van der Waals surface area contributed by atoms with Crippen molar-refractivity contribution in [3.63, 3.8) is 0 Å². The smallest absolute Gasteiger partial charge is 0.352 e. The van der Waals surface area contributed by atoms with Crippen LogP contribution < -0.4 is 21.4 Å². The molecule has 0 atom stereocenters. The number of amides is 2. The number of carbonyl (C=O) groups excluding carboxylic acids is 1. The molecule has 0 radical (unpaired) electrons. The van der Waals surface area contributed by atoms with Crippen LogP contribution in [-0.2, 0) is 6.61 Å². The Morgan fingerprint density at radius 2 is 1.89 bits per heavy atom. The number of hydrogen-bond donors (Lipinski definition) is 2. The van der Waals surface area contributed by atoms with Gasteiger partial charge in [0.25, 0.3) is 0 Å². The Morgan fingerprint density at radius 3 is 2.57 bits per heavy atom. The topological polar surface area (TPSA) is 84.8 Å². The minimum Gasteiger partial charge on any atom is -0.489 e. The van der Waals surface area contributed by atoms with E-state index >= 15 is 0 Å².